The predicted octanol–water partition coefficient (Wildman–Crippen LogP) is 2.97. The van der Waals surface area contributed by atoms with Crippen molar-refractivity contribution in [1.82, 2.24) is 9.97 Å². The molecule has 1 fully saturated rings. The normalized spacial score (nSPS) is 18.3. The second-order valence-electron chi connectivity index (χ2n) is 6.81. The van der Waals surface area contributed by atoms with Gasteiger partial charge >= 0.3 is 0 Å². The molecule has 0 aliphatic carbocycles. The first-order chi connectivity index (χ1) is 12.9. The standard InChI is InChI=1S/C19H27N5O2S/c1-4-24(5-2)16-6-7-17(14(3)12-16)22-19-20-10-8-18(23-19)21-15-9-11-27(25,26)13-15/h6-8,10,12,15H,4-5,9,11,13H2,1-3H3,(H2,20,21,22,23). The van der Waals surface area contributed by atoms with Crippen LogP contribution in [0, 0.1) is 6.92 Å². The van der Waals surface area contributed by atoms with E-state index in [1.54, 1.807) is 12.3 Å². The fourth-order valence-electron chi connectivity index (χ4n) is 3.31. The van der Waals surface area contributed by atoms with E-state index in [9.17, 15) is 8.42 Å². The molecule has 1 aliphatic rings. The van der Waals surface area contributed by atoms with Crippen molar-refractivity contribution in [2.75, 3.05) is 40.1 Å². The van der Waals surface area contributed by atoms with Gasteiger partial charge in [0.15, 0.2) is 9.84 Å². The molecule has 3 rings (SSSR count). The first-order valence-electron chi connectivity index (χ1n) is 9.33. The van der Waals surface area contributed by atoms with Crippen LogP contribution < -0.4 is 15.5 Å². The molecule has 0 spiro atoms. The van der Waals surface area contributed by atoms with E-state index in [2.05, 4.69) is 58.4 Å². The van der Waals surface area contributed by atoms with Crippen molar-refractivity contribution in [3.63, 3.8) is 0 Å². The van der Waals surface area contributed by atoms with Gasteiger partial charge in [-0.05, 0) is 57.0 Å². The topological polar surface area (TPSA) is 87.2 Å². The van der Waals surface area contributed by atoms with Gasteiger partial charge in [0.25, 0.3) is 0 Å². The number of nitrogens with one attached hydrogen (secondary N) is 2. The third-order valence-corrected chi connectivity index (χ3v) is 6.59. The van der Waals surface area contributed by atoms with Crippen molar-refractivity contribution in [3.8, 4) is 0 Å². The van der Waals surface area contributed by atoms with Crippen LogP contribution >= 0.6 is 0 Å². The molecule has 0 saturated carbocycles. The maximum absolute atomic E-state index is 11.6. The van der Waals surface area contributed by atoms with E-state index in [0.717, 1.165) is 24.3 Å². The number of hydrogen-bond acceptors (Lipinski definition) is 7. The summed E-state index contributed by atoms with van der Waals surface area (Å²) in [6.45, 7) is 8.29. The lowest BCUT2D eigenvalue weighted by Gasteiger charge is -2.22. The average Bonchev–Trinajstić information content (AvgIpc) is 2.97. The highest BCUT2D eigenvalue weighted by molar-refractivity contribution is 7.91. The molecule has 7 nitrogen and oxygen atoms in total. The summed E-state index contributed by atoms with van der Waals surface area (Å²) in [7, 11) is -2.92. The maximum Gasteiger partial charge on any atom is 0.229 e. The first kappa shape index (κ1) is 19.4. The fraction of sp³-hybridized carbons (Fsp3) is 0.474. The SMILES string of the molecule is CCN(CC)c1ccc(Nc2nccc(NC3CCS(=O)(=O)C3)n2)c(C)c1. The van der Waals surface area contributed by atoms with Gasteiger partial charge < -0.3 is 15.5 Å². The van der Waals surface area contributed by atoms with E-state index in [0.29, 0.717) is 18.2 Å². The molecule has 0 amide bonds. The van der Waals surface area contributed by atoms with Gasteiger partial charge in [0.05, 0.1) is 11.5 Å². The van der Waals surface area contributed by atoms with Gasteiger partial charge in [0.1, 0.15) is 5.82 Å². The second-order valence-corrected chi connectivity index (χ2v) is 9.04. The van der Waals surface area contributed by atoms with Crippen LogP contribution in [0.15, 0.2) is 30.5 Å². The molecule has 27 heavy (non-hydrogen) atoms. The van der Waals surface area contributed by atoms with Gasteiger partial charge in [0.2, 0.25) is 5.95 Å². The van der Waals surface area contributed by atoms with E-state index in [1.165, 1.54) is 5.69 Å². The van der Waals surface area contributed by atoms with Crippen LogP contribution in [0.25, 0.3) is 0 Å². The largest absolute Gasteiger partial charge is 0.372 e. The Kier molecular flexibility index (Phi) is 5.84. The highest BCUT2D eigenvalue weighted by Crippen LogP contribution is 2.25. The number of nitrogens with zero attached hydrogens (tertiary/aromatic N) is 3. The Morgan fingerprint density at radius 2 is 2.00 bits per heavy atom. The molecule has 1 aromatic heterocycles. The highest BCUT2D eigenvalue weighted by Gasteiger charge is 2.27. The number of hydrogen-bond donors (Lipinski definition) is 2. The molecule has 0 bridgehead atoms. The zero-order chi connectivity index (χ0) is 19.4. The lowest BCUT2D eigenvalue weighted by molar-refractivity contribution is 0.602. The van der Waals surface area contributed by atoms with Gasteiger partial charge in [-0.2, -0.15) is 4.98 Å². The Bertz CT molecular complexity index is 897. The monoisotopic (exact) mass is 389 g/mol. The molecule has 8 heteroatoms. The zero-order valence-electron chi connectivity index (χ0n) is 16.1. The second kappa shape index (κ2) is 8.12. The van der Waals surface area contributed by atoms with Crippen molar-refractivity contribution in [3.05, 3.63) is 36.0 Å². The maximum atomic E-state index is 11.6. The third-order valence-electron chi connectivity index (χ3n) is 4.83. The highest BCUT2D eigenvalue weighted by atomic mass is 32.2. The summed E-state index contributed by atoms with van der Waals surface area (Å²) in [5.74, 6) is 1.51. The van der Waals surface area contributed by atoms with Gasteiger partial charge in [-0.25, -0.2) is 13.4 Å². The number of benzene rings is 1. The summed E-state index contributed by atoms with van der Waals surface area (Å²) >= 11 is 0. The van der Waals surface area contributed by atoms with Gasteiger partial charge in [-0.15, -0.1) is 0 Å². The zero-order valence-corrected chi connectivity index (χ0v) is 16.9. The van der Waals surface area contributed by atoms with E-state index in [-0.39, 0.29) is 17.5 Å². The lowest BCUT2D eigenvalue weighted by Crippen LogP contribution is -2.22. The molecule has 1 unspecified atom stereocenters. The number of aryl methyl sites for hydroxylation is 1. The quantitative estimate of drug-likeness (QED) is 0.753. The summed E-state index contributed by atoms with van der Waals surface area (Å²) in [4.78, 5) is 11.0. The molecule has 1 saturated heterocycles. The summed E-state index contributed by atoms with van der Waals surface area (Å²) in [5.41, 5.74) is 3.26. The van der Waals surface area contributed by atoms with E-state index in [1.807, 2.05) is 6.07 Å². The molecule has 1 aliphatic heterocycles. The smallest absolute Gasteiger partial charge is 0.229 e. The molecule has 2 N–H and O–H groups in total. The van der Waals surface area contributed by atoms with Crippen LogP contribution in [0.5, 0.6) is 0 Å². The number of sulfone groups is 1. The van der Waals surface area contributed by atoms with Gasteiger partial charge in [-0.3, -0.25) is 0 Å². The molecular formula is C19H27N5O2S. The Morgan fingerprint density at radius 1 is 1.22 bits per heavy atom. The molecule has 1 aromatic carbocycles. The Labute approximate surface area is 161 Å². The van der Waals surface area contributed by atoms with Crippen molar-refractivity contribution in [1.29, 1.82) is 0 Å². The van der Waals surface area contributed by atoms with Crippen molar-refractivity contribution >= 4 is 33.0 Å². The summed E-state index contributed by atoms with van der Waals surface area (Å²) in [6.07, 6.45) is 2.28. The molecule has 2 aromatic rings. The van der Waals surface area contributed by atoms with Crippen LogP contribution in [0.3, 0.4) is 0 Å². The van der Waals surface area contributed by atoms with Crippen molar-refractivity contribution in [2.45, 2.75) is 33.2 Å². The summed E-state index contributed by atoms with van der Waals surface area (Å²) in [5, 5.41) is 6.46. The van der Waals surface area contributed by atoms with Crippen LogP contribution in [-0.4, -0.2) is 49.0 Å². The Morgan fingerprint density at radius 3 is 2.63 bits per heavy atom. The number of aromatic nitrogens is 2. The summed E-state index contributed by atoms with van der Waals surface area (Å²) < 4.78 is 23.2. The Hall–Kier alpha value is -2.35. The number of rotatable bonds is 7. The van der Waals surface area contributed by atoms with E-state index in [4.69, 9.17) is 0 Å². The van der Waals surface area contributed by atoms with Gasteiger partial charge in [-0.1, -0.05) is 0 Å². The molecule has 2 heterocycles. The average molecular weight is 390 g/mol. The van der Waals surface area contributed by atoms with Crippen molar-refractivity contribution < 1.29 is 8.42 Å². The summed E-state index contributed by atoms with van der Waals surface area (Å²) in [6, 6.07) is 7.95. The predicted molar refractivity (Wildman–Crippen MR) is 111 cm³/mol. The first-order valence-corrected chi connectivity index (χ1v) is 11.1. The van der Waals surface area contributed by atoms with E-state index < -0.39 is 9.84 Å². The number of anilines is 4. The molecule has 1 atom stereocenters. The Balaban J connectivity index is 1.71. The molecule has 146 valence electrons. The van der Waals surface area contributed by atoms with Crippen LogP contribution in [-0.2, 0) is 9.84 Å². The van der Waals surface area contributed by atoms with Crippen LogP contribution in [0.1, 0.15) is 25.8 Å². The van der Waals surface area contributed by atoms with Crippen LogP contribution in [0.2, 0.25) is 0 Å². The minimum Gasteiger partial charge on any atom is -0.372 e. The lowest BCUT2D eigenvalue weighted by atomic mass is 10.1. The molecular weight excluding hydrogens is 362 g/mol. The fourth-order valence-corrected chi connectivity index (χ4v) is 4.98. The minimum absolute atomic E-state index is 0.0900. The van der Waals surface area contributed by atoms with Crippen LogP contribution in [0.4, 0.5) is 23.1 Å². The van der Waals surface area contributed by atoms with E-state index >= 15 is 0 Å². The third kappa shape index (κ3) is 4.88. The van der Waals surface area contributed by atoms with Crippen molar-refractivity contribution in [2.24, 2.45) is 0 Å². The molecule has 0 radical (unpaired) electrons. The van der Waals surface area contributed by atoms with Gasteiger partial charge in [0, 0.05) is 36.7 Å². The minimum atomic E-state index is -2.92.